The Balaban J connectivity index is 2.29. The van der Waals surface area contributed by atoms with Crippen LogP contribution in [0.4, 0.5) is 5.00 Å². The van der Waals surface area contributed by atoms with Crippen LogP contribution in [0.2, 0.25) is 0 Å². The molecule has 1 N–H and O–H groups in total. The third-order valence-electron chi connectivity index (χ3n) is 3.16. The molecule has 6 heteroatoms. The Morgan fingerprint density at radius 2 is 2.21 bits per heavy atom. The van der Waals surface area contributed by atoms with Crippen molar-refractivity contribution >= 4 is 22.3 Å². The number of fused-ring (bicyclic) bond motifs is 1. The number of hydrogen-bond acceptors (Lipinski definition) is 5. The van der Waals surface area contributed by atoms with Gasteiger partial charge in [0.2, 0.25) is 0 Å². The normalized spacial score (nSPS) is 12.5. The van der Waals surface area contributed by atoms with Gasteiger partial charge in [-0.2, -0.15) is 10.5 Å². The Bertz CT molecular complexity index is 580. The first kappa shape index (κ1) is 13.4. The third-order valence-corrected chi connectivity index (χ3v) is 4.51. The fraction of sp³-hybridized carbons (Fsp3) is 0.462. The zero-order valence-electron chi connectivity index (χ0n) is 10.3. The van der Waals surface area contributed by atoms with E-state index in [2.05, 4.69) is 6.07 Å². The van der Waals surface area contributed by atoms with Crippen molar-refractivity contribution in [2.75, 3.05) is 18.0 Å². The van der Waals surface area contributed by atoms with E-state index < -0.39 is 5.97 Å². The van der Waals surface area contributed by atoms with Crippen LogP contribution in [0.1, 0.15) is 28.8 Å². The Morgan fingerprint density at radius 3 is 2.84 bits per heavy atom. The highest BCUT2D eigenvalue weighted by Gasteiger charge is 2.25. The lowest BCUT2D eigenvalue weighted by molar-refractivity contribution is -0.136. The molecule has 0 radical (unpaired) electrons. The zero-order chi connectivity index (χ0) is 13.8. The van der Waals surface area contributed by atoms with Gasteiger partial charge in [-0.05, 0) is 24.8 Å². The van der Waals surface area contributed by atoms with Crippen LogP contribution in [0.5, 0.6) is 0 Å². The summed E-state index contributed by atoms with van der Waals surface area (Å²) in [5.41, 5.74) is 1.74. The molecule has 0 bridgehead atoms. The fourth-order valence-corrected chi connectivity index (χ4v) is 3.66. The molecule has 0 aliphatic heterocycles. The van der Waals surface area contributed by atoms with E-state index >= 15 is 0 Å². The molecule has 19 heavy (non-hydrogen) atoms. The van der Waals surface area contributed by atoms with E-state index in [0.29, 0.717) is 5.56 Å². The van der Waals surface area contributed by atoms with Crippen LogP contribution < -0.4 is 4.90 Å². The summed E-state index contributed by atoms with van der Waals surface area (Å²) in [7, 11) is 0. The summed E-state index contributed by atoms with van der Waals surface area (Å²) in [4.78, 5) is 13.6. The molecule has 0 fully saturated rings. The van der Waals surface area contributed by atoms with E-state index in [1.54, 1.807) is 4.90 Å². The van der Waals surface area contributed by atoms with Crippen LogP contribution in [0.3, 0.4) is 0 Å². The Morgan fingerprint density at radius 1 is 1.42 bits per heavy atom. The topological polar surface area (TPSA) is 88.1 Å². The van der Waals surface area contributed by atoms with Crippen LogP contribution in [0.25, 0.3) is 0 Å². The lowest BCUT2D eigenvalue weighted by atomic mass is 10.1. The average Bonchev–Trinajstić information content (AvgIpc) is 2.93. The van der Waals surface area contributed by atoms with Crippen molar-refractivity contribution in [1.82, 2.24) is 0 Å². The minimum Gasteiger partial charge on any atom is -0.481 e. The highest BCUT2D eigenvalue weighted by atomic mass is 32.1. The molecule has 0 atom stereocenters. The summed E-state index contributed by atoms with van der Waals surface area (Å²) >= 11 is 1.53. The molecule has 0 aromatic carbocycles. The van der Waals surface area contributed by atoms with E-state index in [4.69, 9.17) is 10.4 Å². The van der Waals surface area contributed by atoms with Crippen molar-refractivity contribution in [3.8, 4) is 12.1 Å². The first-order valence-electron chi connectivity index (χ1n) is 6.05. The number of aryl methyl sites for hydroxylation is 1. The second-order valence-corrected chi connectivity index (χ2v) is 5.46. The average molecular weight is 275 g/mol. The van der Waals surface area contributed by atoms with Crippen molar-refractivity contribution in [2.24, 2.45) is 0 Å². The maximum absolute atomic E-state index is 10.7. The minimum absolute atomic E-state index is 0.0326. The maximum atomic E-state index is 10.7. The Hall–Kier alpha value is -2.05. The fourth-order valence-electron chi connectivity index (χ4n) is 2.30. The number of carboxylic acid groups (broad SMARTS) is 1. The molecule has 1 aromatic heterocycles. The number of nitrogens with zero attached hydrogens (tertiary/aromatic N) is 3. The highest BCUT2D eigenvalue weighted by molar-refractivity contribution is 7.16. The van der Waals surface area contributed by atoms with Gasteiger partial charge < -0.3 is 10.0 Å². The van der Waals surface area contributed by atoms with Gasteiger partial charge in [-0.1, -0.05) is 0 Å². The Labute approximate surface area is 115 Å². The highest BCUT2D eigenvalue weighted by Crippen LogP contribution is 2.40. The molecular weight excluding hydrogens is 262 g/mol. The quantitative estimate of drug-likeness (QED) is 0.829. The van der Waals surface area contributed by atoms with Gasteiger partial charge in [-0.15, -0.1) is 11.3 Å². The predicted molar refractivity (Wildman–Crippen MR) is 71.1 cm³/mol. The number of anilines is 1. The monoisotopic (exact) mass is 275 g/mol. The van der Waals surface area contributed by atoms with Crippen LogP contribution >= 0.6 is 11.3 Å². The summed E-state index contributed by atoms with van der Waals surface area (Å²) in [6.07, 6.45) is 2.93. The molecule has 5 nitrogen and oxygen atoms in total. The van der Waals surface area contributed by atoms with Gasteiger partial charge in [-0.25, -0.2) is 0 Å². The van der Waals surface area contributed by atoms with E-state index in [9.17, 15) is 10.1 Å². The predicted octanol–water partition coefficient (Wildman–Crippen LogP) is 1.91. The molecule has 1 aliphatic carbocycles. The minimum atomic E-state index is -0.898. The van der Waals surface area contributed by atoms with Gasteiger partial charge in [0.05, 0.1) is 18.1 Å². The molecule has 0 unspecified atom stereocenters. The van der Waals surface area contributed by atoms with E-state index in [0.717, 1.165) is 29.8 Å². The standard InChI is InChI=1S/C13H13N3O2S/c14-5-7-16(6-4-12(17)18)13-10(8-15)9-2-1-3-11(9)19-13/h1-4,6-7H2,(H,17,18). The first-order chi connectivity index (χ1) is 9.17. The molecule has 2 rings (SSSR count). The molecular formula is C13H13N3O2S. The first-order valence-corrected chi connectivity index (χ1v) is 6.87. The number of hydrogen-bond donors (Lipinski definition) is 1. The largest absolute Gasteiger partial charge is 0.481 e. The van der Waals surface area contributed by atoms with Crippen LogP contribution in [-0.4, -0.2) is 24.2 Å². The molecule has 0 amide bonds. The summed E-state index contributed by atoms with van der Waals surface area (Å²) in [6, 6.07) is 4.25. The van der Waals surface area contributed by atoms with E-state index in [-0.39, 0.29) is 19.5 Å². The summed E-state index contributed by atoms with van der Waals surface area (Å²) in [5.74, 6) is -0.898. The number of nitriles is 2. The van der Waals surface area contributed by atoms with Crippen molar-refractivity contribution in [3.05, 3.63) is 16.0 Å². The van der Waals surface area contributed by atoms with Gasteiger partial charge >= 0.3 is 5.97 Å². The van der Waals surface area contributed by atoms with Crippen molar-refractivity contribution in [2.45, 2.75) is 25.7 Å². The molecule has 1 aliphatic rings. The van der Waals surface area contributed by atoms with Gasteiger partial charge in [0.15, 0.2) is 0 Å². The smallest absolute Gasteiger partial charge is 0.305 e. The second-order valence-electron chi connectivity index (χ2n) is 4.37. The number of thiophene rings is 1. The number of rotatable bonds is 5. The SMILES string of the molecule is N#CCN(CCC(=O)O)c1sc2c(c1C#N)CCC2. The van der Waals surface area contributed by atoms with Crippen molar-refractivity contribution < 1.29 is 9.90 Å². The summed E-state index contributed by atoms with van der Waals surface area (Å²) in [5, 5.41) is 27.7. The van der Waals surface area contributed by atoms with Crippen molar-refractivity contribution in [1.29, 1.82) is 10.5 Å². The molecule has 0 saturated carbocycles. The van der Waals surface area contributed by atoms with Gasteiger partial charge in [-0.3, -0.25) is 4.79 Å². The molecule has 1 aromatic rings. The van der Waals surface area contributed by atoms with E-state index in [1.807, 2.05) is 6.07 Å². The van der Waals surface area contributed by atoms with Crippen LogP contribution in [0, 0.1) is 22.7 Å². The van der Waals surface area contributed by atoms with Gasteiger partial charge in [0.25, 0.3) is 0 Å². The number of aliphatic carboxylic acids is 1. The zero-order valence-corrected chi connectivity index (χ0v) is 11.2. The van der Waals surface area contributed by atoms with Crippen LogP contribution in [-0.2, 0) is 17.6 Å². The Kier molecular flexibility index (Phi) is 4.03. The summed E-state index contributed by atoms with van der Waals surface area (Å²) < 4.78 is 0. The van der Waals surface area contributed by atoms with Gasteiger partial charge in [0, 0.05) is 11.4 Å². The molecule has 0 saturated heterocycles. The lowest BCUT2D eigenvalue weighted by Gasteiger charge is -2.19. The van der Waals surface area contributed by atoms with E-state index in [1.165, 1.54) is 16.2 Å². The lowest BCUT2D eigenvalue weighted by Crippen LogP contribution is -2.26. The molecule has 1 heterocycles. The molecule has 98 valence electrons. The van der Waals surface area contributed by atoms with Crippen molar-refractivity contribution in [3.63, 3.8) is 0 Å². The number of carbonyl (C=O) groups is 1. The summed E-state index contributed by atoms with van der Waals surface area (Å²) in [6.45, 7) is 0.373. The second kappa shape index (κ2) is 5.73. The van der Waals surface area contributed by atoms with Crippen LogP contribution in [0.15, 0.2) is 0 Å². The number of carboxylic acids is 1. The third kappa shape index (κ3) is 2.69. The maximum Gasteiger partial charge on any atom is 0.305 e. The van der Waals surface area contributed by atoms with Gasteiger partial charge in [0.1, 0.15) is 17.6 Å². The molecule has 0 spiro atoms.